The van der Waals surface area contributed by atoms with Crippen LogP contribution in [0.15, 0.2) is 24.3 Å². The van der Waals surface area contributed by atoms with Crippen LogP contribution in [0.25, 0.3) is 0 Å². The lowest BCUT2D eigenvalue weighted by molar-refractivity contribution is 0.443. The minimum Gasteiger partial charge on any atom is -0.324 e. The molecule has 0 spiro atoms. The Morgan fingerprint density at radius 1 is 0.905 bits per heavy atom. The van der Waals surface area contributed by atoms with Crippen LogP contribution in [0.5, 0.6) is 0 Å². The third-order valence-electron chi connectivity index (χ3n) is 3.70. The van der Waals surface area contributed by atoms with Crippen molar-refractivity contribution < 1.29 is 13.2 Å². The lowest BCUT2D eigenvalue weighted by atomic mass is 9.92. The van der Waals surface area contributed by atoms with Crippen LogP contribution >= 0.6 is 0 Å². The van der Waals surface area contributed by atoms with E-state index in [1.807, 2.05) is 32.9 Å². The predicted molar refractivity (Wildman–Crippen MR) is 77.6 cm³/mol. The van der Waals surface area contributed by atoms with Gasteiger partial charge in [-0.05, 0) is 61.6 Å². The quantitative estimate of drug-likeness (QED) is 0.840. The first-order chi connectivity index (χ1) is 9.79. The predicted octanol–water partition coefficient (Wildman–Crippen LogP) is 4.27. The number of aryl methyl sites for hydroxylation is 3. The molecule has 2 N–H and O–H groups in total. The molecule has 0 fully saturated rings. The number of halogens is 3. The van der Waals surface area contributed by atoms with Gasteiger partial charge in [-0.2, -0.15) is 0 Å². The molecule has 0 saturated heterocycles. The third-order valence-corrected chi connectivity index (χ3v) is 3.70. The Labute approximate surface area is 122 Å². The van der Waals surface area contributed by atoms with Crippen LogP contribution < -0.4 is 5.73 Å². The lowest BCUT2D eigenvalue weighted by Crippen LogP contribution is -2.16. The molecule has 0 saturated carbocycles. The molecule has 1 nitrogen and oxygen atoms in total. The maximum Gasteiger partial charge on any atom is 0.194 e. The molecule has 21 heavy (non-hydrogen) atoms. The summed E-state index contributed by atoms with van der Waals surface area (Å²) in [6, 6.07) is 5.42. The molecule has 4 heteroatoms. The highest BCUT2D eigenvalue weighted by atomic mass is 19.2. The Morgan fingerprint density at radius 2 is 1.38 bits per heavy atom. The van der Waals surface area contributed by atoms with E-state index >= 15 is 0 Å². The van der Waals surface area contributed by atoms with Crippen molar-refractivity contribution in [2.75, 3.05) is 0 Å². The summed E-state index contributed by atoms with van der Waals surface area (Å²) >= 11 is 0. The Balaban J connectivity index is 2.32. The molecule has 0 aliphatic carbocycles. The second-order valence-corrected chi connectivity index (χ2v) is 5.49. The Bertz CT molecular complexity index is 634. The van der Waals surface area contributed by atoms with Crippen molar-refractivity contribution in [2.24, 2.45) is 5.73 Å². The molecule has 0 aliphatic rings. The summed E-state index contributed by atoms with van der Waals surface area (Å²) in [4.78, 5) is 0. The van der Waals surface area contributed by atoms with Gasteiger partial charge in [-0.3, -0.25) is 0 Å². The summed E-state index contributed by atoms with van der Waals surface area (Å²) in [6.07, 6.45) is 0.447. The van der Waals surface area contributed by atoms with E-state index in [4.69, 9.17) is 5.73 Å². The van der Waals surface area contributed by atoms with Crippen LogP contribution in [-0.2, 0) is 6.42 Å². The minimum atomic E-state index is -1.46. The molecule has 0 radical (unpaired) electrons. The number of hydrogen-bond donors (Lipinski definition) is 1. The van der Waals surface area contributed by atoms with Crippen LogP contribution in [0.4, 0.5) is 13.2 Å². The molecular weight excluding hydrogens is 275 g/mol. The summed E-state index contributed by atoms with van der Waals surface area (Å²) in [5.41, 5.74) is 10.7. The van der Waals surface area contributed by atoms with E-state index in [2.05, 4.69) is 0 Å². The molecule has 0 heterocycles. The normalized spacial score (nSPS) is 12.5. The molecule has 1 unspecified atom stereocenters. The first kappa shape index (κ1) is 15.6. The highest BCUT2D eigenvalue weighted by Gasteiger charge is 2.16. The van der Waals surface area contributed by atoms with Gasteiger partial charge in [0.25, 0.3) is 0 Å². The fourth-order valence-electron chi connectivity index (χ4n) is 2.66. The van der Waals surface area contributed by atoms with E-state index in [1.54, 1.807) is 0 Å². The van der Waals surface area contributed by atoms with Crippen molar-refractivity contribution in [3.8, 4) is 0 Å². The van der Waals surface area contributed by atoms with Crippen LogP contribution in [0, 0.1) is 38.2 Å². The standard InChI is InChI=1S/C17H18F3N/c1-9-4-10(2)13(11(3)5-9)8-16(21)12-6-14(18)17(20)15(19)7-12/h4-7,16H,8,21H2,1-3H3. The van der Waals surface area contributed by atoms with Gasteiger partial charge < -0.3 is 5.73 Å². The lowest BCUT2D eigenvalue weighted by Gasteiger charge is -2.17. The van der Waals surface area contributed by atoms with Gasteiger partial charge in [-0.1, -0.05) is 17.7 Å². The van der Waals surface area contributed by atoms with Crippen molar-refractivity contribution in [3.63, 3.8) is 0 Å². The average molecular weight is 293 g/mol. The zero-order chi connectivity index (χ0) is 15.7. The van der Waals surface area contributed by atoms with Gasteiger partial charge in [0.1, 0.15) is 0 Å². The molecule has 2 rings (SSSR count). The first-order valence-electron chi connectivity index (χ1n) is 6.76. The average Bonchev–Trinajstić information content (AvgIpc) is 2.39. The Hall–Kier alpha value is -1.81. The summed E-state index contributed by atoms with van der Waals surface area (Å²) in [5, 5.41) is 0. The maximum atomic E-state index is 13.3. The van der Waals surface area contributed by atoms with Crippen molar-refractivity contribution in [3.05, 3.63) is 69.5 Å². The van der Waals surface area contributed by atoms with E-state index in [-0.39, 0.29) is 5.56 Å². The van der Waals surface area contributed by atoms with Gasteiger partial charge in [0.2, 0.25) is 0 Å². The van der Waals surface area contributed by atoms with Crippen LogP contribution in [0.2, 0.25) is 0 Å². The van der Waals surface area contributed by atoms with Crippen molar-refractivity contribution >= 4 is 0 Å². The second-order valence-electron chi connectivity index (χ2n) is 5.49. The van der Waals surface area contributed by atoms with E-state index in [0.29, 0.717) is 6.42 Å². The third kappa shape index (κ3) is 3.27. The highest BCUT2D eigenvalue weighted by molar-refractivity contribution is 5.39. The van der Waals surface area contributed by atoms with Crippen LogP contribution in [0.1, 0.15) is 33.9 Å². The minimum absolute atomic E-state index is 0.255. The second kappa shape index (κ2) is 5.90. The van der Waals surface area contributed by atoms with Gasteiger partial charge in [0.05, 0.1) is 0 Å². The summed E-state index contributed by atoms with van der Waals surface area (Å²) in [6.45, 7) is 5.97. The molecular formula is C17H18F3N. The maximum absolute atomic E-state index is 13.3. The molecule has 112 valence electrons. The Kier molecular flexibility index (Phi) is 4.37. The van der Waals surface area contributed by atoms with Crippen molar-refractivity contribution in [2.45, 2.75) is 33.2 Å². The van der Waals surface area contributed by atoms with Gasteiger partial charge in [0.15, 0.2) is 17.5 Å². The molecule has 0 bridgehead atoms. The number of rotatable bonds is 3. The molecule has 0 aliphatic heterocycles. The monoisotopic (exact) mass is 293 g/mol. The molecule has 2 aromatic carbocycles. The molecule has 2 aromatic rings. The zero-order valence-corrected chi connectivity index (χ0v) is 12.3. The van der Waals surface area contributed by atoms with Crippen LogP contribution in [-0.4, -0.2) is 0 Å². The van der Waals surface area contributed by atoms with Gasteiger partial charge in [-0.25, -0.2) is 13.2 Å². The van der Waals surface area contributed by atoms with E-state index in [1.165, 1.54) is 0 Å². The van der Waals surface area contributed by atoms with Gasteiger partial charge in [0, 0.05) is 6.04 Å². The summed E-state index contributed by atoms with van der Waals surface area (Å²) in [5.74, 6) is -3.88. The highest BCUT2D eigenvalue weighted by Crippen LogP contribution is 2.24. The molecule has 1 atom stereocenters. The summed E-state index contributed by atoms with van der Waals surface area (Å²) in [7, 11) is 0. The van der Waals surface area contributed by atoms with E-state index in [9.17, 15) is 13.2 Å². The molecule has 0 aromatic heterocycles. The SMILES string of the molecule is Cc1cc(C)c(CC(N)c2cc(F)c(F)c(F)c2)c(C)c1. The smallest absolute Gasteiger partial charge is 0.194 e. The number of hydrogen-bond acceptors (Lipinski definition) is 1. The molecule has 0 amide bonds. The zero-order valence-electron chi connectivity index (χ0n) is 12.3. The van der Waals surface area contributed by atoms with Crippen molar-refractivity contribution in [1.82, 2.24) is 0 Å². The van der Waals surface area contributed by atoms with E-state index < -0.39 is 23.5 Å². The summed E-state index contributed by atoms with van der Waals surface area (Å²) < 4.78 is 39.5. The van der Waals surface area contributed by atoms with Gasteiger partial charge in [-0.15, -0.1) is 0 Å². The van der Waals surface area contributed by atoms with E-state index in [0.717, 1.165) is 34.4 Å². The largest absolute Gasteiger partial charge is 0.324 e. The number of nitrogens with two attached hydrogens (primary N) is 1. The Morgan fingerprint density at radius 3 is 1.86 bits per heavy atom. The van der Waals surface area contributed by atoms with Gasteiger partial charge >= 0.3 is 0 Å². The van der Waals surface area contributed by atoms with Crippen molar-refractivity contribution in [1.29, 1.82) is 0 Å². The number of benzene rings is 2. The fourth-order valence-corrected chi connectivity index (χ4v) is 2.66. The first-order valence-corrected chi connectivity index (χ1v) is 6.76. The fraction of sp³-hybridized carbons (Fsp3) is 0.294. The topological polar surface area (TPSA) is 26.0 Å². The van der Waals surface area contributed by atoms with Crippen LogP contribution in [0.3, 0.4) is 0 Å².